The molecule has 0 saturated carbocycles. The fourth-order valence-electron chi connectivity index (χ4n) is 5.83. The van der Waals surface area contributed by atoms with Crippen molar-refractivity contribution in [2.24, 2.45) is 0 Å². The van der Waals surface area contributed by atoms with Crippen LogP contribution in [0.2, 0.25) is 0 Å². The van der Waals surface area contributed by atoms with Gasteiger partial charge in [-0.25, -0.2) is 0 Å². The van der Waals surface area contributed by atoms with Crippen molar-refractivity contribution in [2.45, 2.75) is 80.1 Å². The van der Waals surface area contributed by atoms with Gasteiger partial charge in [-0.1, -0.05) is 40.5 Å². The van der Waals surface area contributed by atoms with E-state index in [0.717, 1.165) is 59.1 Å². The third-order valence-corrected chi connectivity index (χ3v) is 8.46. The monoisotopic (exact) mass is 706 g/mol. The lowest BCUT2D eigenvalue weighted by Gasteiger charge is -2.18. The molecule has 4 aromatic carbocycles. The molecule has 6 N–H and O–H groups in total. The predicted molar refractivity (Wildman–Crippen MR) is 214 cm³/mol. The number of allylic oxidation sites excluding steroid dienone is 2. The molecule has 0 bridgehead atoms. The summed E-state index contributed by atoms with van der Waals surface area (Å²) >= 11 is 0. The van der Waals surface area contributed by atoms with E-state index in [-0.39, 0.29) is 17.3 Å². The molecule has 0 spiro atoms. The number of hydrogen-bond acceptors (Lipinski definition) is 8. The summed E-state index contributed by atoms with van der Waals surface area (Å²) in [6.07, 6.45) is 11.3. The van der Waals surface area contributed by atoms with Gasteiger partial charge in [0.2, 0.25) is 0 Å². The molecule has 0 saturated heterocycles. The smallest absolute Gasteiger partial charge is 0.185 e. The Hall–Kier alpha value is -5.50. The first-order valence-electron chi connectivity index (χ1n) is 18.2. The molecule has 0 unspecified atom stereocenters. The molecular formula is C44H54N2O6. The van der Waals surface area contributed by atoms with E-state index in [1.54, 1.807) is 66.8 Å². The van der Waals surface area contributed by atoms with E-state index in [4.69, 9.17) is 20.9 Å². The van der Waals surface area contributed by atoms with Crippen LogP contribution in [0.25, 0.3) is 12.2 Å². The van der Waals surface area contributed by atoms with Crippen molar-refractivity contribution in [3.8, 4) is 23.0 Å². The number of ether oxygens (including phenoxy) is 2. The van der Waals surface area contributed by atoms with Gasteiger partial charge in [-0.2, -0.15) is 0 Å². The maximum Gasteiger partial charge on any atom is 0.185 e. The van der Waals surface area contributed by atoms with Crippen LogP contribution in [0.15, 0.2) is 72.8 Å². The SMILES string of the molecule is CCCc1cc(C=CC(=O)c2ccc(N)cc2)c(OCC)c(CCC)c1O.CCOc1c(C=CC(=O)c2ccc(N)cc2)cc(CC)c(O)c1CC. The van der Waals surface area contributed by atoms with Crippen molar-refractivity contribution in [3.63, 3.8) is 0 Å². The number of ketones is 2. The number of nitrogen functional groups attached to an aromatic ring is 2. The summed E-state index contributed by atoms with van der Waals surface area (Å²) in [5, 5.41) is 21.1. The van der Waals surface area contributed by atoms with Crippen molar-refractivity contribution in [3.05, 3.63) is 117 Å². The lowest BCUT2D eigenvalue weighted by atomic mass is 9.96. The number of rotatable bonds is 16. The predicted octanol–water partition coefficient (Wildman–Crippen LogP) is 9.57. The van der Waals surface area contributed by atoms with Crippen molar-refractivity contribution in [1.82, 2.24) is 0 Å². The van der Waals surface area contributed by atoms with Crippen LogP contribution in [0.5, 0.6) is 23.0 Å². The molecule has 0 aromatic heterocycles. The number of carbonyl (C=O) groups is 2. The molecule has 276 valence electrons. The highest BCUT2D eigenvalue weighted by atomic mass is 16.5. The Bertz CT molecular complexity index is 1860. The zero-order chi connectivity index (χ0) is 38.2. The quantitative estimate of drug-likeness (QED) is 0.0512. The Morgan fingerprint density at radius 3 is 1.42 bits per heavy atom. The summed E-state index contributed by atoms with van der Waals surface area (Å²) in [7, 11) is 0. The number of hydrogen-bond donors (Lipinski definition) is 4. The van der Waals surface area contributed by atoms with Crippen LogP contribution in [0.1, 0.15) is 108 Å². The van der Waals surface area contributed by atoms with Gasteiger partial charge in [0.15, 0.2) is 11.6 Å². The fourth-order valence-corrected chi connectivity index (χ4v) is 5.83. The lowest BCUT2D eigenvalue weighted by molar-refractivity contribution is 0.103. The Labute approximate surface area is 308 Å². The molecule has 0 aliphatic carbocycles. The van der Waals surface area contributed by atoms with Gasteiger partial charge in [-0.15, -0.1) is 0 Å². The van der Waals surface area contributed by atoms with Crippen LogP contribution in [0, 0.1) is 0 Å². The van der Waals surface area contributed by atoms with Crippen molar-refractivity contribution >= 4 is 35.1 Å². The molecule has 0 aliphatic heterocycles. The molecule has 4 rings (SSSR count). The molecule has 0 fully saturated rings. The number of anilines is 2. The minimum atomic E-state index is -0.105. The normalized spacial score (nSPS) is 11.0. The molecule has 8 nitrogen and oxygen atoms in total. The molecule has 0 aliphatic rings. The van der Waals surface area contributed by atoms with Crippen LogP contribution in [-0.2, 0) is 25.7 Å². The molecule has 0 radical (unpaired) electrons. The second kappa shape index (κ2) is 20.4. The summed E-state index contributed by atoms with van der Waals surface area (Å²) in [4.78, 5) is 24.8. The summed E-state index contributed by atoms with van der Waals surface area (Å²) in [6, 6.07) is 17.5. The van der Waals surface area contributed by atoms with E-state index in [1.807, 2.05) is 39.8 Å². The van der Waals surface area contributed by atoms with Gasteiger partial charge in [-0.3, -0.25) is 9.59 Å². The first-order chi connectivity index (χ1) is 25.0. The molecule has 0 heterocycles. The third kappa shape index (κ3) is 10.8. The second-order valence-electron chi connectivity index (χ2n) is 12.3. The second-order valence-corrected chi connectivity index (χ2v) is 12.3. The third-order valence-electron chi connectivity index (χ3n) is 8.46. The number of carbonyl (C=O) groups excluding carboxylic acids is 2. The Kier molecular flexibility index (Phi) is 16.0. The lowest BCUT2D eigenvalue weighted by Crippen LogP contribution is -2.03. The molecule has 4 aromatic rings. The highest BCUT2D eigenvalue weighted by Gasteiger charge is 2.18. The van der Waals surface area contributed by atoms with Crippen molar-refractivity contribution in [1.29, 1.82) is 0 Å². The van der Waals surface area contributed by atoms with Crippen LogP contribution in [-0.4, -0.2) is 35.0 Å². The van der Waals surface area contributed by atoms with Crippen molar-refractivity contribution < 1.29 is 29.3 Å². The van der Waals surface area contributed by atoms with Crippen LogP contribution in [0.3, 0.4) is 0 Å². The minimum absolute atomic E-state index is 0.0976. The number of phenols is 2. The first kappa shape index (κ1) is 40.9. The van der Waals surface area contributed by atoms with Gasteiger partial charge in [0.05, 0.1) is 13.2 Å². The van der Waals surface area contributed by atoms with Crippen molar-refractivity contribution in [2.75, 3.05) is 24.7 Å². The Balaban J connectivity index is 0.000000281. The van der Waals surface area contributed by atoms with Gasteiger partial charge < -0.3 is 31.2 Å². The Morgan fingerprint density at radius 2 is 1.02 bits per heavy atom. The van der Waals surface area contributed by atoms with Crippen LogP contribution in [0.4, 0.5) is 11.4 Å². The maximum atomic E-state index is 12.5. The van der Waals surface area contributed by atoms with Gasteiger partial charge in [0, 0.05) is 44.8 Å². The van der Waals surface area contributed by atoms with E-state index in [1.165, 1.54) is 6.08 Å². The van der Waals surface area contributed by atoms with Gasteiger partial charge >= 0.3 is 0 Å². The summed E-state index contributed by atoms with van der Waals surface area (Å²) < 4.78 is 11.6. The van der Waals surface area contributed by atoms with Gasteiger partial charge in [-0.05, 0) is 136 Å². The van der Waals surface area contributed by atoms with E-state index in [9.17, 15) is 19.8 Å². The highest BCUT2D eigenvalue weighted by Crippen LogP contribution is 2.38. The summed E-state index contributed by atoms with van der Waals surface area (Å²) in [5.41, 5.74) is 18.7. The molecule has 8 heteroatoms. The highest BCUT2D eigenvalue weighted by molar-refractivity contribution is 6.07. The first-order valence-corrected chi connectivity index (χ1v) is 18.2. The van der Waals surface area contributed by atoms with Crippen LogP contribution < -0.4 is 20.9 Å². The van der Waals surface area contributed by atoms with E-state index >= 15 is 0 Å². The molecule has 0 atom stereocenters. The molecule has 52 heavy (non-hydrogen) atoms. The minimum Gasteiger partial charge on any atom is -0.507 e. The zero-order valence-corrected chi connectivity index (χ0v) is 31.4. The number of nitrogens with two attached hydrogens (primary N) is 2. The zero-order valence-electron chi connectivity index (χ0n) is 31.4. The largest absolute Gasteiger partial charge is 0.507 e. The number of benzene rings is 4. The summed E-state index contributed by atoms with van der Waals surface area (Å²) in [6.45, 7) is 12.9. The average Bonchev–Trinajstić information content (AvgIpc) is 3.14. The number of aryl methyl sites for hydroxylation is 2. The topological polar surface area (TPSA) is 145 Å². The van der Waals surface area contributed by atoms with Crippen LogP contribution >= 0.6 is 0 Å². The maximum absolute atomic E-state index is 12.5. The molecule has 0 amide bonds. The Morgan fingerprint density at radius 1 is 0.596 bits per heavy atom. The van der Waals surface area contributed by atoms with E-state index < -0.39 is 0 Å². The van der Waals surface area contributed by atoms with E-state index in [0.29, 0.717) is 65.8 Å². The van der Waals surface area contributed by atoms with E-state index in [2.05, 4.69) is 13.8 Å². The molecular weight excluding hydrogens is 652 g/mol. The number of phenolic OH excluding ortho intramolecular Hbond substituents is 2. The van der Waals surface area contributed by atoms with Gasteiger partial charge in [0.25, 0.3) is 0 Å². The summed E-state index contributed by atoms with van der Waals surface area (Å²) in [5.74, 6) is 1.71. The average molecular weight is 707 g/mol. The standard InChI is InChI=1S/C23H29NO3.C21H25NO3/c1-4-7-17-15-18(23(27-6-3)20(8-5-2)22(17)26)11-14-21(25)16-9-12-19(24)13-10-16;1-4-14-13-16(21(25-6-3)18(5-2)20(14)24)9-12-19(23)15-7-10-17(22)11-8-15/h9-15,26H,4-8,24H2,1-3H3;7-13,24H,4-6,22H2,1-3H3. The van der Waals surface area contributed by atoms with Gasteiger partial charge in [0.1, 0.15) is 23.0 Å². The number of aromatic hydroxyl groups is 2. The fraction of sp³-hybridized carbons (Fsp3) is 0.318.